The minimum atomic E-state index is -8.01. The molecule has 0 aromatic carbocycles. The molecule has 0 unspecified atom stereocenters. The van der Waals surface area contributed by atoms with E-state index in [0.29, 0.717) is 0 Å². The number of ether oxygens (including phenoxy) is 3. The zero-order valence-electron chi connectivity index (χ0n) is 14.0. The topological polar surface area (TPSA) is 61.8 Å². The highest BCUT2D eigenvalue weighted by atomic mass is 19.4. The smallest absolute Gasteiger partial charge is 0.410 e. The number of rotatable bonds is 10. The summed E-state index contributed by atoms with van der Waals surface area (Å²) in [6.07, 6.45) is 0. The predicted molar refractivity (Wildman–Crippen MR) is 64.5 cm³/mol. The van der Waals surface area contributed by atoms with Crippen LogP contribution < -0.4 is 0 Å². The third-order valence-electron chi connectivity index (χ3n) is 3.19. The number of alkyl halides is 12. The van der Waals surface area contributed by atoms with Crippen molar-refractivity contribution in [2.24, 2.45) is 0 Å². The second-order valence-corrected chi connectivity index (χ2v) is 5.07. The summed E-state index contributed by atoms with van der Waals surface area (Å²) < 4.78 is 170. The van der Waals surface area contributed by atoms with Crippen LogP contribution in [0.4, 0.5) is 52.7 Å². The lowest BCUT2D eigenvalue weighted by molar-refractivity contribution is -0.417. The molecule has 0 aliphatic heterocycles. The maximum Gasteiger partial charge on any atom is 0.410 e. The van der Waals surface area contributed by atoms with Crippen molar-refractivity contribution < 1.29 is 76.5 Å². The Morgan fingerprint density at radius 1 is 0.586 bits per heavy atom. The Morgan fingerprint density at radius 2 is 0.931 bits per heavy atom. The van der Waals surface area contributed by atoms with Gasteiger partial charge in [0.15, 0.2) is 0 Å². The summed E-state index contributed by atoms with van der Waals surface area (Å²) in [6, 6.07) is 0. The maximum atomic E-state index is 13.4. The molecule has 0 amide bonds. The van der Waals surface area contributed by atoms with Gasteiger partial charge in [-0.05, 0) is 0 Å². The number of halogens is 12. The fourth-order valence-corrected chi connectivity index (χ4v) is 1.48. The van der Waals surface area contributed by atoms with E-state index in [0.717, 1.165) is 7.11 Å². The van der Waals surface area contributed by atoms with Crippen LogP contribution in [0, 0.1) is 0 Å². The molecule has 0 heterocycles. The van der Waals surface area contributed by atoms with Crippen molar-refractivity contribution in [2.45, 2.75) is 35.5 Å². The molecule has 0 aromatic heterocycles. The highest BCUT2D eigenvalue weighted by Gasteiger charge is 2.92. The fourth-order valence-electron chi connectivity index (χ4n) is 1.48. The van der Waals surface area contributed by atoms with E-state index in [-0.39, 0.29) is 7.11 Å². The second-order valence-electron chi connectivity index (χ2n) is 5.07. The molecule has 0 radical (unpaired) electrons. The predicted octanol–water partition coefficient (Wildman–Crippen LogP) is 3.16. The van der Waals surface area contributed by atoms with E-state index in [1.165, 1.54) is 0 Å². The summed E-state index contributed by atoms with van der Waals surface area (Å²) in [4.78, 5) is 21.4. The molecule has 0 fully saturated rings. The monoisotopic (exact) mass is 462 g/mol. The molecule has 0 bridgehead atoms. The minimum Gasteiger partial charge on any atom is -0.464 e. The van der Waals surface area contributed by atoms with E-state index in [1.54, 1.807) is 0 Å². The molecule has 172 valence electrons. The van der Waals surface area contributed by atoms with Crippen LogP contribution in [0.15, 0.2) is 0 Å². The summed E-state index contributed by atoms with van der Waals surface area (Å²) in [7, 11) is 0.792. The number of esters is 2. The van der Waals surface area contributed by atoms with Crippen molar-refractivity contribution in [1.82, 2.24) is 0 Å². The van der Waals surface area contributed by atoms with Gasteiger partial charge < -0.3 is 14.2 Å². The van der Waals surface area contributed by atoms with Gasteiger partial charge in [-0.3, -0.25) is 0 Å². The second kappa shape index (κ2) is 8.06. The van der Waals surface area contributed by atoms with Crippen molar-refractivity contribution >= 4 is 11.9 Å². The summed E-state index contributed by atoms with van der Waals surface area (Å²) >= 11 is 0. The molecule has 17 heteroatoms. The maximum absolute atomic E-state index is 13.4. The lowest BCUT2D eigenvalue weighted by atomic mass is 9.91. The molecule has 0 aliphatic rings. The van der Waals surface area contributed by atoms with E-state index in [1.807, 2.05) is 0 Å². The summed E-state index contributed by atoms with van der Waals surface area (Å²) in [6.45, 7) is -2.04. The molecular formula is C12H10F12O5. The van der Waals surface area contributed by atoms with Gasteiger partial charge in [0.2, 0.25) is 0 Å². The number of hydrogen-bond donors (Lipinski definition) is 0. The molecule has 29 heavy (non-hydrogen) atoms. The van der Waals surface area contributed by atoms with Crippen molar-refractivity contribution in [3.8, 4) is 0 Å². The van der Waals surface area contributed by atoms with Crippen molar-refractivity contribution in [3.63, 3.8) is 0 Å². The van der Waals surface area contributed by atoms with E-state index < -0.39 is 60.7 Å². The van der Waals surface area contributed by atoms with E-state index >= 15 is 0 Å². The molecular weight excluding hydrogens is 452 g/mol. The first-order chi connectivity index (χ1) is 12.7. The third-order valence-corrected chi connectivity index (χ3v) is 3.19. The van der Waals surface area contributed by atoms with Gasteiger partial charge in [0.25, 0.3) is 0 Å². The van der Waals surface area contributed by atoms with Crippen LogP contribution in [0.1, 0.15) is 0 Å². The molecule has 5 nitrogen and oxygen atoms in total. The van der Waals surface area contributed by atoms with E-state index in [2.05, 4.69) is 14.2 Å². The van der Waals surface area contributed by atoms with Gasteiger partial charge in [-0.1, -0.05) is 0 Å². The number of carbonyl (C=O) groups is 2. The van der Waals surface area contributed by atoms with Gasteiger partial charge in [0.1, 0.15) is 6.61 Å². The van der Waals surface area contributed by atoms with Gasteiger partial charge in [-0.2, -0.15) is 52.7 Å². The van der Waals surface area contributed by atoms with Crippen LogP contribution in [0.2, 0.25) is 0 Å². The minimum absolute atomic E-state index is 0.0820. The van der Waals surface area contributed by atoms with Crippen LogP contribution >= 0.6 is 0 Å². The largest absolute Gasteiger partial charge is 0.464 e. The molecule has 0 aromatic rings. The molecule has 0 atom stereocenters. The lowest BCUT2D eigenvalue weighted by Crippen LogP contribution is -2.72. The average molecular weight is 462 g/mol. The Morgan fingerprint density at radius 3 is 1.24 bits per heavy atom. The first-order valence-electron chi connectivity index (χ1n) is 6.73. The van der Waals surface area contributed by atoms with Gasteiger partial charge in [0.05, 0.1) is 13.7 Å². The molecule has 0 saturated carbocycles. The van der Waals surface area contributed by atoms with Crippen LogP contribution in [0.5, 0.6) is 0 Å². The summed E-state index contributed by atoms with van der Waals surface area (Å²) in [5.74, 6) is -52.3. The standard InChI is InChI=1S/C12H10F12O5/c1-27-3-4-29-6(26)8(15,16)10(19,20)12(23,24)11(21,22)9(17,18)7(13,14)5(25)28-2/h3-4H2,1-2H3. The fraction of sp³-hybridized carbons (Fsp3) is 0.833. The first kappa shape index (κ1) is 27.1. The normalized spacial score (nSPS) is 14.6. The SMILES string of the molecule is COCCOC(=O)C(F)(F)C(F)(F)C(F)(F)C(F)(F)C(F)(F)C(F)(F)C(=O)OC. The quantitative estimate of drug-likeness (QED) is 0.284. The zero-order valence-corrected chi connectivity index (χ0v) is 14.0. The van der Waals surface area contributed by atoms with Gasteiger partial charge in [-0.15, -0.1) is 0 Å². The van der Waals surface area contributed by atoms with Gasteiger partial charge in [0, 0.05) is 7.11 Å². The van der Waals surface area contributed by atoms with Crippen LogP contribution in [-0.2, 0) is 23.8 Å². The summed E-state index contributed by atoms with van der Waals surface area (Å²) in [5, 5.41) is 0. The first-order valence-corrected chi connectivity index (χ1v) is 6.73. The highest BCUT2D eigenvalue weighted by Crippen LogP contribution is 2.60. The lowest BCUT2D eigenvalue weighted by Gasteiger charge is -2.39. The van der Waals surface area contributed by atoms with E-state index in [4.69, 9.17) is 0 Å². The Labute approximate surface area is 152 Å². The Balaban J connectivity index is 6.28. The Hall–Kier alpha value is -1.94. The Bertz CT molecular complexity index is 618. The van der Waals surface area contributed by atoms with Crippen LogP contribution in [0.25, 0.3) is 0 Å². The average Bonchev–Trinajstić information content (AvgIpc) is 2.59. The van der Waals surface area contributed by atoms with Crippen molar-refractivity contribution in [3.05, 3.63) is 0 Å². The van der Waals surface area contributed by atoms with Crippen molar-refractivity contribution in [1.29, 1.82) is 0 Å². The van der Waals surface area contributed by atoms with Crippen LogP contribution in [0.3, 0.4) is 0 Å². The molecule has 0 saturated heterocycles. The van der Waals surface area contributed by atoms with Crippen LogP contribution in [-0.4, -0.2) is 74.9 Å². The van der Waals surface area contributed by atoms with E-state index in [9.17, 15) is 62.3 Å². The Kier molecular flexibility index (Phi) is 7.52. The van der Waals surface area contributed by atoms with Crippen molar-refractivity contribution in [2.75, 3.05) is 27.4 Å². The van der Waals surface area contributed by atoms with Gasteiger partial charge >= 0.3 is 47.5 Å². The molecule has 0 aliphatic carbocycles. The summed E-state index contributed by atoms with van der Waals surface area (Å²) in [5.41, 5.74) is 0. The number of methoxy groups -OCH3 is 2. The number of hydrogen-bond acceptors (Lipinski definition) is 5. The third kappa shape index (κ3) is 3.92. The molecule has 0 rings (SSSR count). The molecule has 0 N–H and O–H groups in total. The highest BCUT2D eigenvalue weighted by molar-refractivity contribution is 5.80. The number of carbonyl (C=O) groups excluding carboxylic acids is 2. The molecule has 0 spiro atoms. The van der Waals surface area contributed by atoms with Gasteiger partial charge in [-0.25, -0.2) is 9.59 Å². The zero-order chi connectivity index (χ0) is 23.7.